The molecule has 76 valence electrons. The molecule has 4 atom stereocenters. The van der Waals surface area contributed by atoms with Gasteiger partial charge in [-0.15, -0.1) is 0 Å². The van der Waals surface area contributed by atoms with Crippen molar-refractivity contribution in [2.75, 3.05) is 0 Å². The highest BCUT2D eigenvalue weighted by Crippen LogP contribution is 2.58. The lowest BCUT2D eigenvalue weighted by atomic mass is 9.65. The van der Waals surface area contributed by atoms with Crippen molar-refractivity contribution < 1.29 is 0 Å². The fourth-order valence-corrected chi connectivity index (χ4v) is 4.35. The van der Waals surface area contributed by atoms with E-state index in [1.54, 1.807) is 6.42 Å². The first-order valence-electron chi connectivity index (χ1n) is 6.04. The molecule has 0 aromatic rings. The predicted molar refractivity (Wildman–Crippen MR) is 57.6 cm³/mol. The van der Waals surface area contributed by atoms with Gasteiger partial charge in [-0.3, -0.25) is 0 Å². The summed E-state index contributed by atoms with van der Waals surface area (Å²) < 4.78 is 0. The van der Waals surface area contributed by atoms with E-state index in [2.05, 4.69) is 27.7 Å². The average Bonchev–Trinajstić information content (AvgIpc) is 2.59. The highest BCUT2D eigenvalue weighted by molar-refractivity contribution is 4.99. The molecule has 0 N–H and O–H groups in total. The molecule has 0 aromatic heterocycles. The van der Waals surface area contributed by atoms with E-state index in [1.165, 1.54) is 19.3 Å². The molecule has 0 amide bonds. The summed E-state index contributed by atoms with van der Waals surface area (Å²) in [7, 11) is 0. The molecule has 13 heavy (non-hydrogen) atoms. The van der Waals surface area contributed by atoms with Crippen LogP contribution in [0.2, 0.25) is 0 Å². The summed E-state index contributed by atoms with van der Waals surface area (Å²) in [6.45, 7) is 9.73. The Labute approximate surface area is 83.1 Å². The van der Waals surface area contributed by atoms with Crippen LogP contribution in [0.25, 0.3) is 0 Å². The molecular weight excluding hydrogens is 156 g/mol. The van der Waals surface area contributed by atoms with Gasteiger partial charge in [-0.2, -0.15) is 0 Å². The second-order valence-corrected chi connectivity index (χ2v) is 6.30. The third kappa shape index (κ3) is 1.43. The van der Waals surface area contributed by atoms with Crippen LogP contribution >= 0.6 is 0 Å². The smallest absolute Gasteiger partial charge is 0.0306 e. The molecule has 0 aromatic carbocycles. The van der Waals surface area contributed by atoms with Crippen LogP contribution in [0.1, 0.15) is 53.4 Å². The zero-order valence-electron chi connectivity index (χ0n) is 9.64. The quantitative estimate of drug-likeness (QED) is 0.570. The van der Waals surface area contributed by atoms with Crippen molar-refractivity contribution in [1.82, 2.24) is 0 Å². The first-order valence-corrected chi connectivity index (χ1v) is 6.04. The molecule has 0 nitrogen and oxygen atoms in total. The van der Waals surface area contributed by atoms with E-state index in [-0.39, 0.29) is 0 Å². The summed E-state index contributed by atoms with van der Waals surface area (Å²) in [4.78, 5) is 0. The zero-order valence-corrected chi connectivity index (χ0v) is 9.64. The Morgan fingerprint density at radius 2 is 1.69 bits per heavy atom. The van der Waals surface area contributed by atoms with Crippen molar-refractivity contribution in [3.8, 4) is 0 Å². The van der Waals surface area contributed by atoms with E-state index < -0.39 is 0 Å². The van der Waals surface area contributed by atoms with Crippen LogP contribution < -0.4 is 0 Å². The maximum Gasteiger partial charge on any atom is -0.0306 e. The Hall–Kier alpha value is 0. The number of hydrogen-bond donors (Lipinski definition) is 0. The van der Waals surface area contributed by atoms with Crippen molar-refractivity contribution >= 4 is 0 Å². The average molecular weight is 180 g/mol. The number of fused-ring (bicyclic) bond motifs is 2. The van der Waals surface area contributed by atoms with Gasteiger partial charge in [-0.05, 0) is 48.3 Å². The van der Waals surface area contributed by atoms with Crippen molar-refractivity contribution in [2.24, 2.45) is 29.1 Å². The van der Waals surface area contributed by atoms with Gasteiger partial charge >= 0.3 is 0 Å². The van der Waals surface area contributed by atoms with Crippen LogP contribution in [0.15, 0.2) is 0 Å². The van der Waals surface area contributed by atoms with Gasteiger partial charge in [0.25, 0.3) is 0 Å². The van der Waals surface area contributed by atoms with Crippen LogP contribution in [0.5, 0.6) is 0 Å². The first kappa shape index (κ1) is 9.55. The molecule has 0 heterocycles. The third-order valence-corrected chi connectivity index (χ3v) is 4.56. The summed E-state index contributed by atoms with van der Waals surface area (Å²) in [5.74, 6) is 4.25. The fourth-order valence-electron chi connectivity index (χ4n) is 4.35. The van der Waals surface area contributed by atoms with E-state index in [1.807, 2.05) is 0 Å². The van der Waals surface area contributed by atoms with E-state index in [0.717, 1.165) is 23.7 Å². The van der Waals surface area contributed by atoms with Gasteiger partial charge in [0.1, 0.15) is 0 Å². The second-order valence-electron chi connectivity index (χ2n) is 6.30. The van der Waals surface area contributed by atoms with Crippen LogP contribution in [-0.2, 0) is 0 Å². The van der Waals surface area contributed by atoms with E-state index in [4.69, 9.17) is 0 Å². The number of rotatable bonds is 1. The molecule has 4 unspecified atom stereocenters. The Balaban J connectivity index is 2.18. The lowest BCUT2D eigenvalue weighted by Crippen LogP contribution is -2.32. The second kappa shape index (κ2) is 3.00. The third-order valence-electron chi connectivity index (χ3n) is 4.56. The fraction of sp³-hybridized carbons (Fsp3) is 1.00. The van der Waals surface area contributed by atoms with Crippen molar-refractivity contribution in [3.05, 3.63) is 0 Å². The summed E-state index contributed by atoms with van der Waals surface area (Å²) in [6.07, 6.45) is 6.04. The minimum absolute atomic E-state index is 0.556. The predicted octanol–water partition coefficient (Wildman–Crippen LogP) is 4.10. The monoisotopic (exact) mass is 180 g/mol. The Kier molecular flexibility index (Phi) is 2.20. The van der Waals surface area contributed by atoms with E-state index in [9.17, 15) is 0 Å². The Morgan fingerprint density at radius 1 is 1.08 bits per heavy atom. The van der Waals surface area contributed by atoms with Crippen molar-refractivity contribution in [1.29, 1.82) is 0 Å². The molecule has 0 aliphatic heterocycles. The van der Waals surface area contributed by atoms with Gasteiger partial charge in [0.15, 0.2) is 0 Å². The maximum atomic E-state index is 2.45. The van der Waals surface area contributed by atoms with Gasteiger partial charge in [0, 0.05) is 0 Å². The molecule has 2 bridgehead atoms. The molecule has 0 spiro atoms. The first-order chi connectivity index (χ1) is 6.04. The summed E-state index contributed by atoms with van der Waals surface area (Å²) >= 11 is 0. The molecule has 0 heteroatoms. The standard InChI is InChI=1S/C13H24/c1-5-11-9-6-7-10(8-9)12(11)13(2,3)4/h9-12H,5-8H2,1-4H3. The largest absolute Gasteiger partial charge is 0.0651 e. The highest BCUT2D eigenvalue weighted by Gasteiger charge is 2.50. The van der Waals surface area contributed by atoms with Gasteiger partial charge < -0.3 is 0 Å². The van der Waals surface area contributed by atoms with Crippen molar-refractivity contribution in [3.63, 3.8) is 0 Å². The molecule has 2 aliphatic carbocycles. The van der Waals surface area contributed by atoms with E-state index in [0.29, 0.717) is 5.41 Å². The Morgan fingerprint density at radius 3 is 2.15 bits per heavy atom. The minimum Gasteiger partial charge on any atom is -0.0651 e. The summed E-state index contributed by atoms with van der Waals surface area (Å²) in [5, 5.41) is 0. The SMILES string of the molecule is CCC1C2CCC(C2)C1C(C)(C)C. The van der Waals surface area contributed by atoms with Gasteiger partial charge in [-0.1, -0.05) is 34.1 Å². The highest BCUT2D eigenvalue weighted by atomic mass is 14.5. The Bertz CT molecular complexity index is 187. The maximum absolute atomic E-state index is 2.45. The topological polar surface area (TPSA) is 0 Å². The van der Waals surface area contributed by atoms with E-state index >= 15 is 0 Å². The lowest BCUT2D eigenvalue weighted by molar-refractivity contribution is 0.0929. The minimum atomic E-state index is 0.556. The molecule has 2 rings (SSSR count). The molecule has 2 aliphatic rings. The number of hydrogen-bond acceptors (Lipinski definition) is 0. The van der Waals surface area contributed by atoms with Crippen LogP contribution in [0.4, 0.5) is 0 Å². The molecule has 0 radical (unpaired) electrons. The van der Waals surface area contributed by atoms with Crippen molar-refractivity contribution in [2.45, 2.75) is 53.4 Å². The molecule has 2 saturated carbocycles. The summed E-state index contributed by atoms with van der Waals surface area (Å²) in [5.41, 5.74) is 0.556. The van der Waals surface area contributed by atoms with Crippen LogP contribution in [-0.4, -0.2) is 0 Å². The van der Waals surface area contributed by atoms with Gasteiger partial charge in [0.05, 0.1) is 0 Å². The molecule has 0 saturated heterocycles. The zero-order chi connectivity index (χ0) is 9.64. The van der Waals surface area contributed by atoms with Gasteiger partial charge in [0.2, 0.25) is 0 Å². The van der Waals surface area contributed by atoms with Crippen LogP contribution in [0.3, 0.4) is 0 Å². The lowest BCUT2D eigenvalue weighted by Gasteiger charge is -2.40. The normalized spacial score (nSPS) is 44.3. The summed E-state index contributed by atoms with van der Waals surface area (Å²) in [6, 6.07) is 0. The molecular formula is C13H24. The molecule has 2 fully saturated rings. The van der Waals surface area contributed by atoms with Crippen LogP contribution in [0, 0.1) is 29.1 Å². The van der Waals surface area contributed by atoms with Gasteiger partial charge in [-0.25, -0.2) is 0 Å².